The molecule has 1 unspecified atom stereocenters. The van der Waals surface area contributed by atoms with E-state index in [-0.39, 0.29) is 11.2 Å². The van der Waals surface area contributed by atoms with Crippen LogP contribution in [0.2, 0.25) is 0 Å². The number of carbonyl (C=O) groups is 1. The van der Waals surface area contributed by atoms with Gasteiger partial charge in [0, 0.05) is 18.1 Å². The predicted molar refractivity (Wildman–Crippen MR) is 118 cm³/mol. The van der Waals surface area contributed by atoms with Crippen molar-refractivity contribution < 1.29 is 9.21 Å². The lowest BCUT2D eigenvalue weighted by atomic mass is 10.2. The Balaban J connectivity index is 1.55. The summed E-state index contributed by atoms with van der Waals surface area (Å²) in [7, 11) is 0. The molecule has 0 aliphatic heterocycles. The lowest BCUT2D eigenvalue weighted by Crippen LogP contribution is -2.23. The largest absolute Gasteiger partial charge is 0.469 e. The lowest BCUT2D eigenvalue weighted by molar-refractivity contribution is -0.115. The van der Waals surface area contributed by atoms with Crippen molar-refractivity contribution in [2.24, 2.45) is 0 Å². The first-order valence-electron chi connectivity index (χ1n) is 9.48. The van der Waals surface area contributed by atoms with E-state index >= 15 is 0 Å². The number of fused-ring (bicyclic) bond motifs is 1. The normalized spacial score (nSPS) is 12.1. The number of rotatable bonds is 7. The van der Waals surface area contributed by atoms with Crippen LogP contribution >= 0.6 is 11.8 Å². The predicted octanol–water partition coefficient (Wildman–Crippen LogP) is 4.70. The SMILES string of the molecule is C=CCn1c(SC(C)C(=O)Nc2cccc3ncccc23)nnc1-c1ccoc1C. The second-order valence-corrected chi connectivity index (χ2v) is 8.03. The molecule has 1 aromatic carbocycles. The summed E-state index contributed by atoms with van der Waals surface area (Å²) in [5.41, 5.74) is 2.44. The van der Waals surface area contributed by atoms with E-state index in [0.29, 0.717) is 17.5 Å². The lowest BCUT2D eigenvalue weighted by Gasteiger charge is -2.14. The molecule has 0 spiro atoms. The van der Waals surface area contributed by atoms with Crippen molar-refractivity contribution in [2.45, 2.75) is 30.8 Å². The molecule has 30 heavy (non-hydrogen) atoms. The number of amides is 1. The van der Waals surface area contributed by atoms with Crippen LogP contribution in [0.4, 0.5) is 5.69 Å². The third kappa shape index (κ3) is 3.86. The summed E-state index contributed by atoms with van der Waals surface area (Å²) in [6, 6.07) is 11.3. The maximum atomic E-state index is 12.9. The number of nitrogens with zero attached hydrogens (tertiary/aromatic N) is 4. The van der Waals surface area contributed by atoms with Crippen molar-refractivity contribution in [3.63, 3.8) is 0 Å². The van der Waals surface area contributed by atoms with Crippen molar-refractivity contribution in [1.82, 2.24) is 19.7 Å². The van der Waals surface area contributed by atoms with Crippen molar-refractivity contribution in [2.75, 3.05) is 5.32 Å². The molecular weight excluding hydrogens is 398 g/mol. The average Bonchev–Trinajstić information content (AvgIpc) is 3.34. The van der Waals surface area contributed by atoms with Gasteiger partial charge in [0.25, 0.3) is 0 Å². The zero-order valence-electron chi connectivity index (χ0n) is 16.7. The monoisotopic (exact) mass is 419 g/mol. The smallest absolute Gasteiger partial charge is 0.237 e. The molecule has 0 aliphatic rings. The van der Waals surface area contributed by atoms with Gasteiger partial charge in [-0.15, -0.1) is 16.8 Å². The third-order valence-electron chi connectivity index (χ3n) is 4.68. The molecule has 0 radical (unpaired) electrons. The highest BCUT2D eigenvalue weighted by Crippen LogP contribution is 2.30. The Labute approximate surface area is 178 Å². The average molecular weight is 420 g/mol. The number of thioether (sulfide) groups is 1. The summed E-state index contributed by atoms with van der Waals surface area (Å²) in [5.74, 6) is 1.33. The summed E-state index contributed by atoms with van der Waals surface area (Å²) >= 11 is 1.35. The van der Waals surface area contributed by atoms with Gasteiger partial charge in [0.15, 0.2) is 11.0 Å². The van der Waals surface area contributed by atoms with E-state index in [1.807, 2.05) is 54.8 Å². The number of furan rings is 1. The molecule has 1 N–H and O–H groups in total. The Morgan fingerprint density at radius 2 is 2.17 bits per heavy atom. The molecule has 152 valence electrons. The van der Waals surface area contributed by atoms with E-state index in [4.69, 9.17) is 4.42 Å². The minimum atomic E-state index is -0.386. The van der Waals surface area contributed by atoms with Crippen LogP contribution in [-0.2, 0) is 11.3 Å². The van der Waals surface area contributed by atoms with Crippen LogP contribution < -0.4 is 5.32 Å². The molecule has 3 heterocycles. The van der Waals surface area contributed by atoms with Crippen molar-refractivity contribution in [3.8, 4) is 11.4 Å². The zero-order valence-corrected chi connectivity index (χ0v) is 17.5. The number of aromatic nitrogens is 4. The maximum Gasteiger partial charge on any atom is 0.237 e. The van der Waals surface area contributed by atoms with Crippen molar-refractivity contribution in [1.29, 1.82) is 0 Å². The fraction of sp³-hybridized carbons (Fsp3) is 0.182. The molecule has 1 atom stereocenters. The fourth-order valence-corrected chi connectivity index (χ4v) is 4.00. The molecule has 0 bridgehead atoms. The molecule has 7 nitrogen and oxygen atoms in total. The summed E-state index contributed by atoms with van der Waals surface area (Å²) in [6.45, 7) is 8.08. The first-order valence-corrected chi connectivity index (χ1v) is 10.4. The Hall–Kier alpha value is -3.39. The van der Waals surface area contributed by atoms with Gasteiger partial charge < -0.3 is 9.73 Å². The number of pyridine rings is 1. The summed E-state index contributed by atoms with van der Waals surface area (Å²) in [5, 5.41) is 12.8. The van der Waals surface area contributed by atoms with Crippen LogP contribution in [0.3, 0.4) is 0 Å². The van der Waals surface area contributed by atoms with Gasteiger partial charge in [-0.1, -0.05) is 23.9 Å². The van der Waals surface area contributed by atoms with Crippen LogP contribution in [0.25, 0.3) is 22.3 Å². The number of hydrogen-bond acceptors (Lipinski definition) is 6. The fourth-order valence-electron chi connectivity index (χ4n) is 3.14. The van der Waals surface area contributed by atoms with Crippen LogP contribution in [0.5, 0.6) is 0 Å². The van der Waals surface area contributed by atoms with Gasteiger partial charge in [-0.25, -0.2) is 0 Å². The first kappa shape index (κ1) is 19.9. The maximum absolute atomic E-state index is 12.9. The molecule has 4 rings (SSSR count). The van der Waals surface area contributed by atoms with Crippen molar-refractivity contribution in [3.05, 3.63) is 67.3 Å². The van der Waals surface area contributed by atoms with Crippen LogP contribution in [0, 0.1) is 6.92 Å². The van der Waals surface area contributed by atoms with E-state index in [0.717, 1.165) is 27.9 Å². The molecule has 0 saturated carbocycles. The van der Waals surface area contributed by atoms with Gasteiger partial charge in [-0.3, -0.25) is 14.3 Å². The molecule has 0 aliphatic carbocycles. The quantitative estimate of drug-likeness (QED) is 0.345. The Kier molecular flexibility index (Phi) is 5.67. The highest BCUT2D eigenvalue weighted by molar-refractivity contribution is 8.00. The number of nitrogens with one attached hydrogen (secondary N) is 1. The topological polar surface area (TPSA) is 85.8 Å². The van der Waals surface area contributed by atoms with Crippen LogP contribution in [0.1, 0.15) is 12.7 Å². The van der Waals surface area contributed by atoms with Gasteiger partial charge in [0.05, 0.1) is 28.3 Å². The van der Waals surface area contributed by atoms with Gasteiger partial charge in [0.2, 0.25) is 5.91 Å². The number of anilines is 1. The van der Waals surface area contributed by atoms with Gasteiger partial charge in [-0.05, 0) is 44.2 Å². The molecule has 0 fully saturated rings. The Morgan fingerprint density at radius 3 is 2.93 bits per heavy atom. The number of aryl methyl sites for hydroxylation is 1. The third-order valence-corrected chi connectivity index (χ3v) is 5.76. The van der Waals surface area contributed by atoms with Gasteiger partial charge >= 0.3 is 0 Å². The second-order valence-electron chi connectivity index (χ2n) is 6.72. The van der Waals surface area contributed by atoms with E-state index in [9.17, 15) is 4.79 Å². The van der Waals surface area contributed by atoms with E-state index in [1.54, 1.807) is 18.5 Å². The van der Waals surface area contributed by atoms with Crippen LogP contribution in [-0.4, -0.2) is 30.9 Å². The Morgan fingerprint density at radius 1 is 1.30 bits per heavy atom. The van der Waals surface area contributed by atoms with Gasteiger partial charge in [-0.2, -0.15) is 0 Å². The summed E-state index contributed by atoms with van der Waals surface area (Å²) in [4.78, 5) is 17.2. The second kappa shape index (κ2) is 8.54. The number of hydrogen-bond donors (Lipinski definition) is 1. The number of benzene rings is 1. The summed E-state index contributed by atoms with van der Waals surface area (Å²) < 4.78 is 7.33. The zero-order chi connectivity index (χ0) is 21.1. The molecule has 0 saturated heterocycles. The first-order chi connectivity index (χ1) is 14.6. The van der Waals surface area contributed by atoms with E-state index < -0.39 is 0 Å². The molecule has 3 aromatic heterocycles. The number of carbonyl (C=O) groups excluding carboxylic acids is 1. The van der Waals surface area contributed by atoms with Gasteiger partial charge in [0.1, 0.15) is 5.76 Å². The highest BCUT2D eigenvalue weighted by Gasteiger charge is 2.22. The highest BCUT2D eigenvalue weighted by atomic mass is 32.2. The molecular formula is C22H21N5O2S. The number of allylic oxidation sites excluding steroid dienone is 1. The molecule has 8 heteroatoms. The summed E-state index contributed by atoms with van der Waals surface area (Å²) in [6.07, 6.45) is 5.14. The van der Waals surface area contributed by atoms with Crippen molar-refractivity contribution >= 4 is 34.3 Å². The van der Waals surface area contributed by atoms with E-state index in [2.05, 4.69) is 27.1 Å². The molecule has 4 aromatic rings. The van der Waals surface area contributed by atoms with Crippen LogP contribution in [0.15, 0.2) is 71.1 Å². The standard InChI is InChI=1S/C22H21N5O2S/c1-4-12-27-20(16-10-13-29-14(16)2)25-26-22(27)30-15(3)21(28)24-19-9-5-8-18-17(19)7-6-11-23-18/h4-11,13,15H,1,12H2,2-3H3,(H,24,28). The molecule has 1 amide bonds. The Bertz CT molecular complexity index is 1210. The van der Waals surface area contributed by atoms with E-state index in [1.165, 1.54) is 11.8 Å². The minimum Gasteiger partial charge on any atom is -0.469 e. The minimum absolute atomic E-state index is 0.120.